The van der Waals surface area contributed by atoms with Crippen LogP contribution in [0.1, 0.15) is 57.6 Å². The van der Waals surface area contributed by atoms with Crippen molar-refractivity contribution in [2.24, 2.45) is 18.4 Å². The predicted octanol–water partition coefficient (Wildman–Crippen LogP) is 8.61. The zero-order chi connectivity index (χ0) is 31.5. The van der Waals surface area contributed by atoms with E-state index in [9.17, 15) is 22.0 Å². The van der Waals surface area contributed by atoms with Crippen molar-refractivity contribution in [3.8, 4) is 5.75 Å². The monoisotopic (exact) mass is 649 g/mol. The van der Waals surface area contributed by atoms with E-state index in [1.165, 1.54) is 0 Å². The smallest absolute Gasteiger partial charge is 0.391 e. The third-order valence-corrected chi connectivity index (χ3v) is 8.32. The minimum atomic E-state index is -4.18. The van der Waals surface area contributed by atoms with Crippen molar-refractivity contribution < 1.29 is 26.7 Å². The van der Waals surface area contributed by atoms with Crippen molar-refractivity contribution in [2.45, 2.75) is 78.2 Å². The number of ether oxygens (including phenoxy) is 1. The second kappa shape index (κ2) is 13.7. The van der Waals surface area contributed by atoms with E-state index < -0.39 is 25.1 Å². The average molecular weight is 651 g/mol. The average Bonchev–Trinajstić information content (AvgIpc) is 3.22. The molecule has 1 aliphatic rings. The number of fused-ring (bicyclic) bond motifs is 1. The normalized spacial score (nSPS) is 18.0. The molecule has 4 rings (SSSR count). The molecule has 0 bridgehead atoms. The number of anilines is 2. The Morgan fingerprint density at radius 1 is 1.02 bits per heavy atom. The Bertz CT molecular complexity index is 1400. The number of nitrogens with one attached hydrogen (secondary N) is 3. The molecule has 6 nitrogen and oxygen atoms in total. The van der Waals surface area contributed by atoms with Gasteiger partial charge in [0.25, 0.3) is 6.43 Å². The summed E-state index contributed by atoms with van der Waals surface area (Å²) < 4.78 is 72.5. The lowest BCUT2D eigenvalue weighted by atomic mass is 9.85. The van der Waals surface area contributed by atoms with E-state index in [1.807, 2.05) is 6.07 Å². The van der Waals surface area contributed by atoms with Gasteiger partial charge in [-0.1, -0.05) is 50.0 Å². The zero-order valence-corrected chi connectivity index (χ0v) is 26.2. The van der Waals surface area contributed by atoms with Gasteiger partial charge in [0.2, 0.25) is 5.95 Å². The maximum absolute atomic E-state index is 13.1. The number of aromatic nitrogens is 2. The van der Waals surface area contributed by atoms with Crippen molar-refractivity contribution in [2.75, 3.05) is 18.5 Å². The van der Waals surface area contributed by atoms with Crippen molar-refractivity contribution in [3.63, 3.8) is 0 Å². The maximum atomic E-state index is 13.1. The van der Waals surface area contributed by atoms with Gasteiger partial charge in [-0.2, -0.15) is 13.2 Å². The van der Waals surface area contributed by atoms with E-state index in [0.29, 0.717) is 57.7 Å². The Hall–Kier alpha value is -2.34. The third-order valence-electron chi connectivity index (χ3n) is 7.58. The molecule has 13 heteroatoms. The van der Waals surface area contributed by atoms with Crippen LogP contribution in [0.15, 0.2) is 24.3 Å². The Labute approximate surface area is 258 Å². The summed E-state index contributed by atoms with van der Waals surface area (Å²) in [5.41, 5.74) is 3.22. The van der Waals surface area contributed by atoms with E-state index >= 15 is 0 Å². The van der Waals surface area contributed by atoms with Gasteiger partial charge in [-0.15, -0.1) is 0 Å². The summed E-state index contributed by atoms with van der Waals surface area (Å²) in [5.74, 6) is -0.607. The number of alkyl halides is 5. The highest BCUT2D eigenvalue weighted by atomic mass is 35.5. The van der Waals surface area contributed by atoms with Gasteiger partial charge in [-0.05, 0) is 48.8 Å². The first-order chi connectivity index (χ1) is 20.1. The minimum absolute atomic E-state index is 0.0587. The number of hydrogen-bond donors (Lipinski definition) is 3. The first-order valence-electron chi connectivity index (χ1n) is 14.3. The SMILES string of the molecule is Cn1c(Nc2c(Cl)ccc(CNCC(C)(C)C)c2Cl)nc2cc(CNC3CCC(C(F)(F)F)CC3)c(OCC(F)F)cc21. The van der Waals surface area contributed by atoms with E-state index in [4.69, 9.17) is 32.9 Å². The number of nitrogens with zero attached hydrogens (tertiary/aromatic N) is 2. The molecule has 0 amide bonds. The number of rotatable bonds is 11. The van der Waals surface area contributed by atoms with Gasteiger partial charge >= 0.3 is 6.18 Å². The van der Waals surface area contributed by atoms with Gasteiger partial charge in [0, 0.05) is 44.4 Å². The molecule has 43 heavy (non-hydrogen) atoms. The van der Waals surface area contributed by atoms with Crippen molar-refractivity contribution in [1.82, 2.24) is 20.2 Å². The Morgan fingerprint density at radius 2 is 1.72 bits per heavy atom. The van der Waals surface area contributed by atoms with Crippen molar-refractivity contribution >= 4 is 45.9 Å². The fraction of sp³-hybridized carbons (Fsp3) is 0.567. The Kier molecular flexibility index (Phi) is 10.7. The molecule has 1 fully saturated rings. The summed E-state index contributed by atoms with van der Waals surface area (Å²) in [6, 6.07) is 6.89. The number of aryl methyl sites for hydroxylation is 1. The van der Waals surface area contributed by atoms with E-state index in [-0.39, 0.29) is 36.6 Å². The number of hydrogen-bond acceptors (Lipinski definition) is 5. The summed E-state index contributed by atoms with van der Waals surface area (Å²) in [6.07, 6.45) is -5.98. The Balaban J connectivity index is 1.55. The minimum Gasteiger partial charge on any atom is -0.487 e. The molecular weight excluding hydrogens is 612 g/mol. The summed E-state index contributed by atoms with van der Waals surface area (Å²) >= 11 is 13.3. The third kappa shape index (κ3) is 8.86. The van der Waals surface area contributed by atoms with Crippen LogP contribution in [0, 0.1) is 11.3 Å². The van der Waals surface area contributed by atoms with Crippen LogP contribution < -0.4 is 20.7 Å². The molecular formula is C30H38Cl2F5N5O. The topological polar surface area (TPSA) is 63.1 Å². The van der Waals surface area contributed by atoms with Gasteiger partial charge in [-0.25, -0.2) is 13.8 Å². The molecule has 0 radical (unpaired) electrons. The molecule has 2 aromatic carbocycles. The molecule has 1 aromatic heterocycles. The summed E-state index contributed by atoms with van der Waals surface area (Å²) in [4.78, 5) is 4.71. The van der Waals surface area contributed by atoms with Crippen LogP contribution in [0.25, 0.3) is 11.0 Å². The second-order valence-corrected chi connectivity index (χ2v) is 13.1. The molecule has 1 saturated carbocycles. The molecule has 1 aliphatic carbocycles. The molecule has 3 N–H and O–H groups in total. The van der Waals surface area contributed by atoms with Crippen LogP contribution in [-0.2, 0) is 20.1 Å². The molecule has 1 heterocycles. The highest BCUT2D eigenvalue weighted by Gasteiger charge is 2.41. The lowest BCUT2D eigenvalue weighted by molar-refractivity contribution is -0.182. The van der Waals surface area contributed by atoms with Crippen LogP contribution in [0.2, 0.25) is 10.0 Å². The number of imidazole rings is 1. The van der Waals surface area contributed by atoms with Gasteiger partial charge in [0.1, 0.15) is 12.4 Å². The maximum Gasteiger partial charge on any atom is 0.391 e. The Morgan fingerprint density at radius 3 is 2.35 bits per heavy atom. The molecule has 238 valence electrons. The first kappa shape index (κ1) is 33.6. The molecule has 0 saturated heterocycles. The standard InChI is InChI=1S/C30H38Cl2F5N5O/c1-29(2,3)16-38-13-17-5-10-21(31)27(26(17)32)41-28-40-22-11-18(24(43-15-25(33)34)12-23(22)42(28)4)14-39-20-8-6-19(7-9-20)30(35,36)37/h5,10-12,19-20,25,38-39H,6-9,13-16H2,1-4H3,(H,40,41). The van der Waals surface area contributed by atoms with Crippen LogP contribution in [-0.4, -0.2) is 41.3 Å². The van der Waals surface area contributed by atoms with Gasteiger partial charge in [0.05, 0.1) is 32.7 Å². The molecule has 3 aromatic rings. The highest BCUT2D eigenvalue weighted by molar-refractivity contribution is 6.39. The van der Waals surface area contributed by atoms with Crippen molar-refractivity contribution in [3.05, 3.63) is 45.4 Å². The summed E-state index contributed by atoms with van der Waals surface area (Å²) in [6.45, 7) is 7.18. The van der Waals surface area contributed by atoms with Gasteiger partial charge < -0.3 is 25.3 Å². The predicted molar refractivity (Wildman–Crippen MR) is 162 cm³/mol. The number of benzene rings is 2. The fourth-order valence-electron chi connectivity index (χ4n) is 5.21. The van der Waals surface area contributed by atoms with Crippen LogP contribution in [0.5, 0.6) is 5.75 Å². The van der Waals surface area contributed by atoms with Crippen LogP contribution >= 0.6 is 23.2 Å². The number of halogens is 7. The van der Waals surface area contributed by atoms with E-state index in [0.717, 1.165) is 12.1 Å². The molecule has 0 aliphatic heterocycles. The second-order valence-electron chi connectivity index (χ2n) is 12.3. The van der Waals surface area contributed by atoms with Gasteiger partial charge in [0.15, 0.2) is 0 Å². The molecule has 0 unspecified atom stereocenters. The van der Waals surface area contributed by atoms with E-state index in [2.05, 4.69) is 36.7 Å². The summed E-state index contributed by atoms with van der Waals surface area (Å²) in [7, 11) is 1.77. The highest BCUT2D eigenvalue weighted by Crippen LogP contribution is 2.39. The van der Waals surface area contributed by atoms with Crippen LogP contribution in [0.4, 0.5) is 33.6 Å². The summed E-state index contributed by atoms with van der Waals surface area (Å²) in [5, 5.41) is 10.8. The zero-order valence-electron chi connectivity index (χ0n) is 24.6. The van der Waals surface area contributed by atoms with Crippen LogP contribution in [0.3, 0.4) is 0 Å². The molecule has 0 spiro atoms. The first-order valence-corrected chi connectivity index (χ1v) is 15.0. The quantitative estimate of drug-likeness (QED) is 0.182. The van der Waals surface area contributed by atoms with Crippen molar-refractivity contribution in [1.29, 1.82) is 0 Å². The lowest BCUT2D eigenvalue weighted by Gasteiger charge is -2.30. The van der Waals surface area contributed by atoms with E-state index in [1.54, 1.807) is 29.8 Å². The molecule has 0 atom stereocenters. The lowest BCUT2D eigenvalue weighted by Crippen LogP contribution is -2.36. The fourth-order valence-corrected chi connectivity index (χ4v) is 5.74. The van der Waals surface area contributed by atoms with Gasteiger partial charge in [-0.3, -0.25) is 0 Å². The largest absolute Gasteiger partial charge is 0.487 e.